The molecular formula is C20H24N4O2. The molecule has 0 unspecified atom stereocenters. The first kappa shape index (κ1) is 18.0. The Hall–Kier alpha value is -2.76. The summed E-state index contributed by atoms with van der Waals surface area (Å²) in [6.45, 7) is 3.91. The van der Waals surface area contributed by atoms with Crippen LogP contribution in [0.15, 0.2) is 36.7 Å². The predicted octanol–water partition coefficient (Wildman–Crippen LogP) is 3.48. The van der Waals surface area contributed by atoms with Crippen LogP contribution in [-0.4, -0.2) is 21.8 Å². The van der Waals surface area contributed by atoms with Crippen molar-refractivity contribution >= 4 is 23.5 Å². The monoisotopic (exact) mass is 352 g/mol. The highest BCUT2D eigenvalue weighted by Gasteiger charge is 2.31. The van der Waals surface area contributed by atoms with E-state index in [0.29, 0.717) is 18.1 Å². The van der Waals surface area contributed by atoms with Crippen molar-refractivity contribution in [3.63, 3.8) is 0 Å². The van der Waals surface area contributed by atoms with Crippen LogP contribution in [0, 0.1) is 25.7 Å². The van der Waals surface area contributed by atoms with Gasteiger partial charge in [0.2, 0.25) is 11.8 Å². The number of anilines is 2. The van der Waals surface area contributed by atoms with Gasteiger partial charge in [0, 0.05) is 24.2 Å². The van der Waals surface area contributed by atoms with Crippen LogP contribution < -0.4 is 10.6 Å². The van der Waals surface area contributed by atoms with Crippen LogP contribution in [0.5, 0.6) is 0 Å². The summed E-state index contributed by atoms with van der Waals surface area (Å²) in [5.41, 5.74) is 2.09. The minimum absolute atomic E-state index is 0.0609. The molecule has 0 radical (unpaired) electrons. The van der Waals surface area contributed by atoms with E-state index in [1.54, 1.807) is 12.4 Å². The van der Waals surface area contributed by atoms with Gasteiger partial charge in [0.05, 0.1) is 0 Å². The van der Waals surface area contributed by atoms with Gasteiger partial charge in [-0.15, -0.1) is 0 Å². The molecule has 6 heteroatoms. The number of carbonyl (C=O) groups is 2. The zero-order valence-electron chi connectivity index (χ0n) is 15.2. The zero-order valence-corrected chi connectivity index (χ0v) is 15.2. The van der Waals surface area contributed by atoms with Crippen molar-refractivity contribution in [2.75, 3.05) is 10.6 Å². The molecule has 2 heterocycles. The third-order valence-electron chi connectivity index (χ3n) is 4.75. The molecule has 1 fully saturated rings. The van der Waals surface area contributed by atoms with Crippen molar-refractivity contribution in [3.05, 3.63) is 47.8 Å². The van der Waals surface area contributed by atoms with Crippen LogP contribution in [-0.2, 0) is 9.59 Å². The molecule has 0 aromatic carbocycles. The standard InChI is InChI=1S/C20H24N4O2/c1-13-6-8-21-17(10-13)23-19(25)15-4-3-5-16(12-15)20(26)24-18-11-14(2)7-9-22-18/h6-11,15-16H,3-5,12H2,1-2H3,(H,21,23,25)(H,22,24,26)/t15-,16-/m0/s1. The van der Waals surface area contributed by atoms with E-state index in [1.807, 2.05) is 38.1 Å². The summed E-state index contributed by atoms with van der Waals surface area (Å²) in [6, 6.07) is 7.45. The molecule has 1 aliphatic carbocycles. The number of hydrogen-bond acceptors (Lipinski definition) is 4. The fourth-order valence-electron chi connectivity index (χ4n) is 3.33. The maximum Gasteiger partial charge on any atom is 0.228 e. The molecule has 0 aliphatic heterocycles. The average molecular weight is 352 g/mol. The predicted molar refractivity (Wildman–Crippen MR) is 101 cm³/mol. The van der Waals surface area contributed by atoms with Gasteiger partial charge in [-0.05, 0) is 68.5 Å². The third kappa shape index (κ3) is 4.65. The number of carbonyl (C=O) groups excluding carboxylic acids is 2. The van der Waals surface area contributed by atoms with E-state index in [9.17, 15) is 9.59 Å². The highest BCUT2D eigenvalue weighted by molar-refractivity contribution is 5.94. The largest absolute Gasteiger partial charge is 0.310 e. The number of aryl methyl sites for hydroxylation is 2. The molecule has 0 bridgehead atoms. The van der Waals surface area contributed by atoms with Gasteiger partial charge in [-0.2, -0.15) is 0 Å². The average Bonchev–Trinajstić information content (AvgIpc) is 2.62. The number of hydrogen-bond donors (Lipinski definition) is 2. The summed E-state index contributed by atoms with van der Waals surface area (Å²) in [6.07, 6.45) is 6.36. The highest BCUT2D eigenvalue weighted by Crippen LogP contribution is 2.30. The molecule has 26 heavy (non-hydrogen) atoms. The molecule has 6 nitrogen and oxygen atoms in total. The maximum absolute atomic E-state index is 12.6. The highest BCUT2D eigenvalue weighted by atomic mass is 16.2. The van der Waals surface area contributed by atoms with Crippen LogP contribution in [0.4, 0.5) is 11.6 Å². The normalized spacial score (nSPS) is 19.6. The second-order valence-corrected chi connectivity index (χ2v) is 6.98. The fraction of sp³-hybridized carbons (Fsp3) is 0.400. The van der Waals surface area contributed by atoms with Gasteiger partial charge < -0.3 is 10.6 Å². The van der Waals surface area contributed by atoms with Crippen molar-refractivity contribution in [2.45, 2.75) is 39.5 Å². The topological polar surface area (TPSA) is 84.0 Å². The van der Waals surface area contributed by atoms with Crippen molar-refractivity contribution in [1.82, 2.24) is 9.97 Å². The zero-order chi connectivity index (χ0) is 18.5. The maximum atomic E-state index is 12.6. The third-order valence-corrected chi connectivity index (χ3v) is 4.75. The molecule has 2 amide bonds. The van der Waals surface area contributed by atoms with Gasteiger partial charge in [-0.1, -0.05) is 6.42 Å². The molecule has 0 spiro atoms. The Balaban J connectivity index is 1.59. The first-order chi connectivity index (χ1) is 12.5. The van der Waals surface area contributed by atoms with E-state index in [1.165, 1.54) is 0 Å². The van der Waals surface area contributed by atoms with Gasteiger partial charge in [0.15, 0.2) is 0 Å². The first-order valence-electron chi connectivity index (χ1n) is 8.98. The van der Waals surface area contributed by atoms with E-state index in [0.717, 1.165) is 30.4 Å². The van der Waals surface area contributed by atoms with Crippen LogP contribution in [0.25, 0.3) is 0 Å². The summed E-state index contributed by atoms with van der Waals surface area (Å²) >= 11 is 0. The Bertz CT molecular complexity index is 740. The van der Waals surface area contributed by atoms with Gasteiger partial charge in [-0.3, -0.25) is 9.59 Å². The summed E-state index contributed by atoms with van der Waals surface area (Å²) in [7, 11) is 0. The molecule has 2 atom stereocenters. The Morgan fingerprint density at radius 1 is 0.885 bits per heavy atom. The minimum atomic E-state index is -0.174. The second kappa shape index (κ2) is 8.08. The van der Waals surface area contributed by atoms with Gasteiger partial charge in [-0.25, -0.2) is 9.97 Å². The lowest BCUT2D eigenvalue weighted by Gasteiger charge is -2.27. The van der Waals surface area contributed by atoms with Crippen LogP contribution in [0.3, 0.4) is 0 Å². The molecular weight excluding hydrogens is 328 g/mol. The van der Waals surface area contributed by atoms with E-state index in [2.05, 4.69) is 20.6 Å². The number of aromatic nitrogens is 2. The van der Waals surface area contributed by atoms with Crippen molar-refractivity contribution in [2.24, 2.45) is 11.8 Å². The smallest absolute Gasteiger partial charge is 0.228 e. The van der Waals surface area contributed by atoms with Crippen LogP contribution >= 0.6 is 0 Å². The summed E-state index contributed by atoms with van der Waals surface area (Å²) in [5.74, 6) is 0.652. The summed E-state index contributed by atoms with van der Waals surface area (Å²) < 4.78 is 0. The van der Waals surface area contributed by atoms with Crippen molar-refractivity contribution in [3.8, 4) is 0 Å². The van der Waals surface area contributed by atoms with Gasteiger partial charge in [0.25, 0.3) is 0 Å². The van der Waals surface area contributed by atoms with Gasteiger partial charge >= 0.3 is 0 Å². The first-order valence-corrected chi connectivity index (χ1v) is 8.98. The molecule has 2 aromatic rings. The van der Waals surface area contributed by atoms with Crippen LogP contribution in [0.2, 0.25) is 0 Å². The molecule has 0 saturated heterocycles. The second-order valence-electron chi connectivity index (χ2n) is 6.98. The van der Waals surface area contributed by atoms with E-state index >= 15 is 0 Å². The van der Waals surface area contributed by atoms with E-state index < -0.39 is 0 Å². The molecule has 2 N–H and O–H groups in total. The Morgan fingerprint density at radius 3 is 1.77 bits per heavy atom. The lowest BCUT2D eigenvalue weighted by molar-refractivity contribution is -0.124. The molecule has 1 aliphatic rings. The van der Waals surface area contributed by atoms with Crippen molar-refractivity contribution < 1.29 is 9.59 Å². The summed E-state index contributed by atoms with van der Waals surface area (Å²) in [4.78, 5) is 33.5. The number of nitrogens with zero attached hydrogens (tertiary/aromatic N) is 2. The number of nitrogens with one attached hydrogen (secondary N) is 2. The SMILES string of the molecule is Cc1ccnc(NC(=O)[C@H]2CCC[C@H](C(=O)Nc3cc(C)ccn3)C2)c1. The summed E-state index contributed by atoms with van der Waals surface area (Å²) in [5, 5.41) is 5.75. The number of rotatable bonds is 4. The lowest BCUT2D eigenvalue weighted by Crippen LogP contribution is -2.33. The minimum Gasteiger partial charge on any atom is -0.310 e. The Kier molecular flexibility index (Phi) is 5.61. The van der Waals surface area contributed by atoms with Crippen LogP contribution in [0.1, 0.15) is 36.8 Å². The van der Waals surface area contributed by atoms with E-state index in [-0.39, 0.29) is 23.7 Å². The molecule has 136 valence electrons. The number of pyridine rings is 2. The lowest BCUT2D eigenvalue weighted by atomic mass is 9.80. The van der Waals surface area contributed by atoms with Gasteiger partial charge in [0.1, 0.15) is 11.6 Å². The van der Waals surface area contributed by atoms with Crippen molar-refractivity contribution in [1.29, 1.82) is 0 Å². The Morgan fingerprint density at radius 2 is 1.35 bits per heavy atom. The molecule has 2 aromatic heterocycles. The quantitative estimate of drug-likeness (QED) is 0.882. The fourth-order valence-corrected chi connectivity index (χ4v) is 3.33. The van der Waals surface area contributed by atoms with E-state index in [4.69, 9.17) is 0 Å². The molecule has 3 rings (SSSR count). The number of amides is 2. The molecule has 1 saturated carbocycles. The Labute approximate surface area is 153 Å².